The summed E-state index contributed by atoms with van der Waals surface area (Å²) in [4.78, 5) is 0. The molecule has 2 aromatic rings. The monoisotopic (exact) mass is 216 g/mol. The predicted molar refractivity (Wildman–Crippen MR) is 65.4 cm³/mol. The number of rotatable bonds is 2. The van der Waals surface area contributed by atoms with Crippen molar-refractivity contribution in [3.63, 3.8) is 0 Å². The first-order valence-electron chi connectivity index (χ1n) is 5.08. The molecule has 1 atom stereocenters. The van der Waals surface area contributed by atoms with Gasteiger partial charge in [-0.1, -0.05) is 61.0 Å². The van der Waals surface area contributed by atoms with E-state index < -0.39 is 0 Å². The predicted octanol–water partition coefficient (Wildman–Crippen LogP) is 4.49. The second-order valence-corrected chi connectivity index (χ2v) is 4.12. The van der Waals surface area contributed by atoms with Crippen LogP contribution in [0.5, 0.6) is 0 Å². The average Bonchev–Trinajstić information content (AvgIpc) is 2.30. The summed E-state index contributed by atoms with van der Waals surface area (Å²) < 4.78 is 0. The van der Waals surface area contributed by atoms with E-state index in [1.807, 2.05) is 18.2 Å². The fourth-order valence-corrected chi connectivity index (χ4v) is 1.81. The fraction of sp³-hybridized carbons (Fsp3) is 0.143. The van der Waals surface area contributed by atoms with Crippen LogP contribution in [-0.4, -0.2) is 0 Å². The van der Waals surface area contributed by atoms with E-state index in [9.17, 15) is 0 Å². The molecule has 0 amide bonds. The fourth-order valence-electron chi connectivity index (χ4n) is 1.69. The Balaban J connectivity index is 2.29. The van der Waals surface area contributed by atoms with E-state index in [2.05, 4.69) is 43.3 Å². The maximum atomic E-state index is 5.86. The van der Waals surface area contributed by atoms with Gasteiger partial charge >= 0.3 is 0 Å². The summed E-state index contributed by atoms with van der Waals surface area (Å²) in [6, 6.07) is 18.5. The number of halogens is 1. The Labute approximate surface area is 95.5 Å². The lowest BCUT2D eigenvalue weighted by atomic mass is 9.93. The van der Waals surface area contributed by atoms with E-state index in [1.165, 1.54) is 11.1 Å². The number of hydrogen-bond donors (Lipinski definition) is 0. The van der Waals surface area contributed by atoms with Crippen molar-refractivity contribution in [2.45, 2.75) is 12.8 Å². The first kappa shape index (κ1) is 10.3. The first-order chi connectivity index (χ1) is 7.27. The smallest absolute Gasteiger partial charge is 0.0406 e. The van der Waals surface area contributed by atoms with Crippen molar-refractivity contribution in [2.24, 2.45) is 0 Å². The van der Waals surface area contributed by atoms with Gasteiger partial charge < -0.3 is 0 Å². The summed E-state index contributed by atoms with van der Waals surface area (Å²) in [5.41, 5.74) is 2.63. The summed E-state index contributed by atoms with van der Waals surface area (Å²) in [5, 5.41) is 0.791. The van der Waals surface area contributed by atoms with E-state index in [-0.39, 0.29) is 0 Å². The summed E-state index contributed by atoms with van der Waals surface area (Å²) in [6.07, 6.45) is 0. The molecule has 1 heteroatoms. The highest BCUT2D eigenvalue weighted by Crippen LogP contribution is 2.24. The van der Waals surface area contributed by atoms with Crippen molar-refractivity contribution in [1.82, 2.24) is 0 Å². The third kappa shape index (κ3) is 2.40. The van der Waals surface area contributed by atoms with E-state index in [4.69, 9.17) is 11.6 Å². The lowest BCUT2D eigenvalue weighted by molar-refractivity contribution is 0.922. The summed E-state index contributed by atoms with van der Waals surface area (Å²) in [7, 11) is 0. The van der Waals surface area contributed by atoms with Gasteiger partial charge in [0, 0.05) is 10.9 Å². The van der Waals surface area contributed by atoms with E-state index in [0.717, 1.165) is 5.02 Å². The topological polar surface area (TPSA) is 0 Å². The number of hydrogen-bond acceptors (Lipinski definition) is 0. The molecule has 0 aliphatic carbocycles. The maximum Gasteiger partial charge on any atom is 0.0406 e. The molecule has 0 spiro atoms. The van der Waals surface area contributed by atoms with Crippen molar-refractivity contribution >= 4 is 11.6 Å². The number of benzene rings is 2. The molecule has 0 heterocycles. The zero-order valence-electron chi connectivity index (χ0n) is 8.65. The van der Waals surface area contributed by atoms with Crippen LogP contribution >= 0.6 is 11.6 Å². The van der Waals surface area contributed by atoms with Gasteiger partial charge in [0.15, 0.2) is 0 Å². The Morgan fingerprint density at radius 2 is 1.33 bits per heavy atom. The first-order valence-corrected chi connectivity index (χ1v) is 5.45. The molecule has 0 aliphatic heterocycles. The normalized spacial score (nSPS) is 12.4. The van der Waals surface area contributed by atoms with Crippen molar-refractivity contribution in [2.75, 3.05) is 0 Å². The molecule has 0 unspecified atom stereocenters. The van der Waals surface area contributed by atoms with Crippen LogP contribution < -0.4 is 0 Å². The van der Waals surface area contributed by atoms with Crippen LogP contribution in [0, 0.1) is 0 Å². The van der Waals surface area contributed by atoms with Crippen LogP contribution in [0.2, 0.25) is 5.02 Å². The quantitative estimate of drug-likeness (QED) is 0.694. The summed E-state index contributed by atoms with van der Waals surface area (Å²) in [5.74, 6) is 0.420. The Hall–Kier alpha value is -1.27. The molecule has 0 saturated carbocycles. The third-order valence-corrected chi connectivity index (χ3v) is 2.92. The highest BCUT2D eigenvalue weighted by molar-refractivity contribution is 6.30. The van der Waals surface area contributed by atoms with Crippen molar-refractivity contribution < 1.29 is 0 Å². The maximum absolute atomic E-state index is 5.86. The zero-order chi connectivity index (χ0) is 10.7. The van der Waals surface area contributed by atoms with E-state index in [0.29, 0.717) is 5.92 Å². The zero-order valence-corrected chi connectivity index (χ0v) is 9.41. The molecule has 0 saturated heterocycles. The van der Waals surface area contributed by atoms with Gasteiger partial charge in [0.1, 0.15) is 0 Å². The third-order valence-electron chi connectivity index (χ3n) is 2.67. The largest absolute Gasteiger partial charge is 0.0843 e. The Bertz CT molecular complexity index is 417. The minimum absolute atomic E-state index is 0.420. The molecular formula is C14H13Cl. The van der Waals surface area contributed by atoms with Gasteiger partial charge in [0.2, 0.25) is 0 Å². The van der Waals surface area contributed by atoms with Crippen LogP contribution in [0.3, 0.4) is 0 Å². The van der Waals surface area contributed by atoms with Crippen molar-refractivity contribution in [1.29, 1.82) is 0 Å². The lowest BCUT2D eigenvalue weighted by Crippen LogP contribution is -1.94. The molecule has 0 aliphatic rings. The molecule has 76 valence electrons. The van der Waals surface area contributed by atoms with Crippen molar-refractivity contribution in [3.05, 3.63) is 70.7 Å². The molecule has 0 N–H and O–H groups in total. The molecule has 0 aromatic heterocycles. The molecule has 2 rings (SSSR count). The van der Waals surface area contributed by atoms with Gasteiger partial charge in [-0.3, -0.25) is 0 Å². The molecule has 15 heavy (non-hydrogen) atoms. The van der Waals surface area contributed by atoms with E-state index >= 15 is 0 Å². The van der Waals surface area contributed by atoms with Gasteiger partial charge in [0.05, 0.1) is 0 Å². The van der Waals surface area contributed by atoms with Crippen LogP contribution in [-0.2, 0) is 0 Å². The highest BCUT2D eigenvalue weighted by Gasteiger charge is 2.06. The molecule has 0 fully saturated rings. The Morgan fingerprint density at radius 1 is 0.800 bits per heavy atom. The summed E-state index contributed by atoms with van der Waals surface area (Å²) >= 11 is 5.86. The molecular weight excluding hydrogens is 204 g/mol. The van der Waals surface area contributed by atoms with E-state index in [1.54, 1.807) is 0 Å². The standard InChI is InChI=1S/C14H13Cl/c1-11(12-5-3-2-4-6-12)13-7-9-14(15)10-8-13/h2-11H,1H3/t11-/m0/s1. The lowest BCUT2D eigenvalue weighted by Gasteiger charge is -2.12. The Kier molecular flexibility index (Phi) is 3.08. The SMILES string of the molecule is C[C@@H](c1ccccc1)c1ccc(Cl)cc1. The van der Waals surface area contributed by atoms with Crippen LogP contribution in [0.15, 0.2) is 54.6 Å². The second kappa shape index (κ2) is 4.50. The minimum atomic E-state index is 0.420. The van der Waals surface area contributed by atoms with Crippen molar-refractivity contribution in [3.8, 4) is 0 Å². The molecule has 0 bridgehead atoms. The highest BCUT2D eigenvalue weighted by atomic mass is 35.5. The summed E-state index contributed by atoms with van der Waals surface area (Å²) in [6.45, 7) is 2.21. The van der Waals surface area contributed by atoms with Gasteiger partial charge in [-0.15, -0.1) is 0 Å². The second-order valence-electron chi connectivity index (χ2n) is 3.68. The van der Waals surface area contributed by atoms with Crippen LogP contribution in [0.4, 0.5) is 0 Å². The molecule has 0 nitrogen and oxygen atoms in total. The van der Waals surface area contributed by atoms with Gasteiger partial charge in [-0.25, -0.2) is 0 Å². The van der Waals surface area contributed by atoms with Gasteiger partial charge in [-0.05, 0) is 23.3 Å². The molecule has 2 aromatic carbocycles. The van der Waals surface area contributed by atoms with Gasteiger partial charge in [-0.2, -0.15) is 0 Å². The van der Waals surface area contributed by atoms with Gasteiger partial charge in [0.25, 0.3) is 0 Å². The average molecular weight is 217 g/mol. The van der Waals surface area contributed by atoms with Crippen LogP contribution in [0.25, 0.3) is 0 Å². The Morgan fingerprint density at radius 3 is 1.93 bits per heavy atom. The van der Waals surface area contributed by atoms with Crippen LogP contribution in [0.1, 0.15) is 24.0 Å². The molecule has 0 radical (unpaired) electrons. The minimum Gasteiger partial charge on any atom is -0.0843 e.